The van der Waals surface area contributed by atoms with E-state index in [0.717, 1.165) is 19.6 Å². The zero-order valence-electron chi connectivity index (χ0n) is 19.6. The fourth-order valence-corrected chi connectivity index (χ4v) is 4.32. The number of amides is 2. The average molecular weight is 447 g/mol. The van der Waals surface area contributed by atoms with Gasteiger partial charge in [-0.25, -0.2) is 9.59 Å². The van der Waals surface area contributed by atoms with Gasteiger partial charge in [0.05, 0.1) is 32.4 Å². The highest BCUT2D eigenvalue weighted by Crippen LogP contribution is 2.38. The first-order chi connectivity index (χ1) is 15.4. The van der Waals surface area contributed by atoms with Crippen LogP contribution >= 0.6 is 0 Å². The number of piperazine rings is 1. The maximum Gasteiger partial charge on any atom is 0.338 e. The Balaban J connectivity index is 2.12. The van der Waals surface area contributed by atoms with Gasteiger partial charge in [0.1, 0.15) is 11.5 Å². The van der Waals surface area contributed by atoms with Crippen molar-refractivity contribution in [2.75, 3.05) is 53.6 Å². The zero-order chi connectivity index (χ0) is 23.3. The number of benzene rings is 1. The smallest absolute Gasteiger partial charge is 0.338 e. The van der Waals surface area contributed by atoms with Crippen molar-refractivity contribution in [2.24, 2.45) is 0 Å². The summed E-state index contributed by atoms with van der Waals surface area (Å²) in [6.45, 7) is 9.49. The Morgan fingerprint density at radius 3 is 2.62 bits per heavy atom. The van der Waals surface area contributed by atoms with E-state index in [4.69, 9.17) is 14.2 Å². The number of urea groups is 1. The second kappa shape index (κ2) is 10.7. The first-order valence-corrected chi connectivity index (χ1v) is 11.1. The highest BCUT2D eigenvalue weighted by molar-refractivity contribution is 5.95. The molecule has 2 amide bonds. The van der Waals surface area contributed by atoms with Crippen molar-refractivity contribution in [1.82, 2.24) is 20.4 Å². The monoisotopic (exact) mass is 446 g/mol. The van der Waals surface area contributed by atoms with Crippen LogP contribution in [0.2, 0.25) is 0 Å². The van der Waals surface area contributed by atoms with Crippen LogP contribution in [-0.2, 0) is 9.53 Å². The Labute approximate surface area is 189 Å². The molecule has 1 aromatic carbocycles. The van der Waals surface area contributed by atoms with Gasteiger partial charge >= 0.3 is 12.0 Å². The molecule has 1 fully saturated rings. The number of esters is 1. The van der Waals surface area contributed by atoms with Gasteiger partial charge in [-0.2, -0.15) is 0 Å². The Morgan fingerprint density at radius 2 is 2.00 bits per heavy atom. The van der Waals surface area contributed by atoms with Crippen LogP contribution in [0.3, 0.4) is 0 Å². The molecule has 9 heteroatoms. The standard InChI is InChI=1S/C23H34N4O5/c1-6-27-18(14-26-11-10-24-15(3)13-26)20(22(28)32-7-2)21(25-23(27)29)17-9-8-16(30-4)12-19(17)31-5/h8-9,12,15,21,24H,6-7,10-11,13-14H2,1-5H3,(H,25,29)/t15-,21-/m0/s1. The second-order valence-corrected chi connectivity index (χ2v) is 7.91. The molecule has 0 radical (unpaired) electrons. The van der Waals surface area contributed by atoms with Gasteiger partial charge in [-0.1, -0.05) is 0 Å². The van der Waals surface area contributed by atoms with Gasteiger partial charge in [0.25, 0.3) is 0 Å². The molecule has 1 saturated heterocycles. The van der Waals surface area contributed by atoms with E-state index in [0.29, 0.717) is 47.5 Å². The summed E-state index contributed by atoms with van der Waals surface area (Å²) in [5.41, 5.74) is 1.78. The number of ether oxygens (including phenoxy) is 3. The molecule has 0 unspecified atom stereocenters. The number of carbonyl (C=O) groups is 2. The Morgan fingerprint density at radius 1 is 1.22 bits per heavy atom. The van der Waals surface area contributed by atoms with Crippen LogP contribution in [0, 0.1) is 0 Å². The maximum atomic E-state index is 13.2. The summed E-state index contributed by atoms with van der Waals surface area (Å²) in [7, 11) is 3.13. The molecule has 1 aromatic rings. The number of hydrogen-bond acceptors (Lipinski definition) is 7. The van der Waals surface area contributed by atoms with E-state index in [9.17, 15) is 9.59 Å². The van der Waals surface area contributed by atoms with Crippen molar-refractivity contribution < 1.29 is 23.8 Å². The highest BCUT2D eigenvalue weighted by Gasteiger charge is 2.39. The van der Waals surface area contributed by atoms with Crippen molar-refractivity contribution in [3.8, 4) is 11.5 Å². The van der Waals surface area contributed by atoms with Crippen LogP contribution in [0.4, 0.5) is 4.79 Å². The fourth-order valence-electron chi connectivity index (χ4n) is 4.32. The third-order valence-electron chi connectivity index (χ3n) is 5.83. The number of carbonyl (C=O) groups excluding carboxylic acids is 2. The molecule has 9 nitrogen and oxygen atoms in total. The number of hydrogen-bond donors (Lipinski definition) is 2. The predicted molar refractivity (Wildman–Crippen MR) is 121 cm³/mol. The molecule has 3 rings (SSSR count). The lowest BCUT2D eigenvalue weighted by Gasteiger charge is -2.40. The Hall–Kier alpha value is -2.78. The molecule has 0 aromatic heterocycles. The number of methoxy groups -OCH3 is 2. The Kier molecular flexibility index (Phi) is 7.98. The molecule has 2 N–H and O–H groups in total. The van der Waals surface area contributed by atoms with Gasteiger partial charge < -0.3 is 24.8 Å². The van der Waals surface area contributed by atoms with Crippen LogP contribution in [0.5, 0.6) is 11.5 Å². The van der Waals surface area contributed by atoms with Gasteiger partial charge in [0.15, 0.2) is 0 Å². The van der Waals surface area contributed by atoms with Crippen LogP contribution in [0.15, 0.2) is 29.5 Å². The molecule has 2 aliphatic heterocycles. The van der Waals surface area contributed by atoms with Crippen molar-refractivity contribution in [2.45, 2.75) is 32.9 Å². The minimum Gasteiger partial charge on any atom is -0.497 e. The molecule has 0 aliphatic carbocycles. The lowest BCUT2D eigenvalue weighted by Crippen LogP contribution is -2.54. The van der Waals surface area contributed by atoms with E-state index in [2.05, 4.69) is 22.5 Å². The van der Waals surface area contributed by atoms with Gasteiger partial charge in [-0.15, -0.1) is 0 Å². The van der Waals surface area contributed by atoms with Crippen LogP contribution in [-0.4, -0.2) is 81.4 Å². The third-order valence-corrected chi connectivity index (χ3v) is 5.83. The normalized spacial score (nSPS) is 21.9. The first kappa shape index (κ1) is 23.9. The van der Waals surface area contributed by atoms with Crippen LogP contribution < -0.4 is 20.1 Å². The number of nitrogens with zero attached hydrogens (tertiary/aromatic N) is 2. The summed E-state index contributed by atoms with van der Waals surface area (Å²) in [4.78, 5) is 30.2. The molecule has 32 heavy (non-hydrogen) atoms. The van der Waals surface area contributed by atoms with E-state index in [1.165, 1.54) is 0 Å². The van der Waals surface area contributed by atoms with Crippen molar-refractivity contribution >= 4 is 12.0 Å². The summed E-state index contributed by atoms with van der Waals surface area (Å²) >= 11 is 0. The van der Waals surface area contributed by atoms with Gasteiger partial charge in [-0.3, -0.25) is 9.80 Å². The minimum atomic E-state index is -0.694. The minimum absolute atomic E-state index is 0.243. The van der Waals surface area contributed by atoms with E-state index < -0.39 is 12.0 Å². The van der Waals surface area contributed by atoms with E-state index in [1.807, 2.05) is 13.0 Å². The molecule has 0 saturated carbocycles. The number of likely N-dealkylation sites (N-methyl/N-ethyl adjacent to an activating group) is 1. The molecule has 0 bridgehead atoms. The molecule has 2 atom stereocenters. The molecular weight excluding hydrogens is 412 g/mol. The average Bonchev–Trinajstić information content (AvgIpc) is 2.78. The zero-order valence-corrected chi connectivity index (χ0v) is 19.6. The maximum absolute atomic E-state index is 13.2. The third kappa shape index (κ3) is 4.99. The summed E-state index contributed by atoms with van der Waals surface area (Å²) in [6, 6.07) is 4.74. The summed E-state index contributed by atoms with van der Waals surface area (Å²) in [5.74, 6) is 0.711. The van der Waals surface area contributed by atoms with E-state index in [-0.39, 0.29) is 12.6 Å². The van der Waals surface area contributed by atoms with Crippen LogP contribution in [0.1, 0.15) is 32.4 Å². The van der Waals surface area contributed by atoms with Gasteiger partial charge in [0.2, 0.25) is 0 Å². The first-order valence-electron chi connectivity index (χ1n) is 11.1. The Bertz CT molecular complexity index is 872. The van der Waals surface area contributed by atoms with Crippen LogP contribution in [0.25, 0.3) is 0 Å². The molecule has 0 spiro atoms. The van der Waals surface area contributed by atoms with E-state index in [1.54, 1.807) is 38.2 Å². The van der Waals surface area contributed by atoms with E-state index >= 15 is 0 Å². The molecule has 2 aliphatic rings. The lowest BCUT2D eigenvalue weighted by atomic mass is 9.93. The quantitative estimate of drug-likeness (QED) is 0.589. The molecule has 176 valence electrons. The summed E-state index contributed by atoms with van der Waals surface area (Å²) in [6.07, 6.45) is 0. The molecular formula is C23H34N4O5. The summed E-state index contributed by atoms with van der Waals surface area (Å²) < 4.78 is 16.3. The van der Waals surface area contributed by atoms with Gasteiger partial charge in [-0.05, 0) is 32.9 Å². The van der Waals surface area contributed by atoms with Crippen molar-refractivity contribution in [3.05, 3.63) is 35.0 Å². The largest absolute Gasteiger partial charge is 0.497 e. The fraction of sp³-hybridized carbons (Fsp3) is 0.565. The highest BCUT2D eigenvalue weighted by atomic mass is 16.5. The second-order valence-electron chi connectivity index (χ2n) is 7.91. The topological polar surface area (TPSA) is 92.4 Å². The summed E-state index contributed by atoms with van der Waals surface area (Å²) in [5, 5.41) is 6.42. The van der Waals surface area contributed by atoms with Gasteiger partial charge in [0, 0.05) is 56.1 Å². The predicted octanol–water partition coefficient (Wildman–Crippen LogP) is 1.90. The molecule has 2 heterocycles. The SMILES string of the molecule is CCOC(=O)C1=C(CN2CCN[C@@H](C)C2)N(CC)C(=O)N[C@H]1c1ccc(OC)cc1OC. The number of nitrogens with one attached hydrogen (secondary N) is 2. The van der Waals surface area contributed by atoms with Crippen molar-refractivity contribution in [1.29, 1.82) is 0 Å². The van der Waals surface area contributed by atoms with Crippen molar-refractivity contribution in [3.63, 3.8) is 0 Å². The number of rotatable bonds is 8. The lowest BCUT2D eigenvalue weighted by molar-refractivity contribution is -0.139.